The van der Waals surface area contributed by atoms with Gasteiger partial charge in [0.2, 0.25) is 11.7 Å². The molecule has 7 nitrogen and oxygen atoms in total. The molecule has 1 aliphatic heterocycles. The van der Waals surface area contributed by atoms with Crippen LogP contribution >= 0.6 is 0 Å². The quantitative estimate of drug-likeness (QED) is 0.728. The number of ether oxygens (including phenoxy) is 2. The van der Waals surface area contributed by atoms with E-state index in [1.807, 2.05) is 48.5 Å². The molecule has 2 heterocycles. The number of rotatable bonds is 4. The van der Waals surface area contributed by atoms with E-state index < -0.39 is 0 Å². The van der Waals surface area contributed by atoms with Gasteiger partial charge in [0.25, 0.3) is 5.91 Å². The average Bonchev–Trinajstić information content (AvgIpc) is 3.12. The maximum absolute atomic E-state index is 12.2. The van der Waals surface area contributed by atoms with E-state index in [1.165, 1.54) is 0 Å². The molecule has 3 aromatic rings. The largest absolute Gasteiger partial charge is 0.496 e. The molecule has 2 aromatic carbocycles. The molecule has 0 saturated carbocycles. The Labute approximate surface area is 143 Å². The van der Waals surface area contributed by atoms with Crippen LogP contribution in [0.15, 0.2) is 53.1 Å². The standard InChI is InChI=1S/C18H15N3O4/c1-23-14-8-4-2-6-12(14)18-19-16(25-20-18)10-21-13-7-3-5-9-15(13)24-11-17(21)22/h2-9H,10-11H2,1H3. The Morgan fingerprint density at radius 3 is 2.84 bits per heavy atom. The molecule has 0 fully saturated rings. The Hall–Kier alpha value is -3.35. The van der Waals surface area contributed by atoms with Gasteiger partial charge in [0.1, 0.15) is 18.0 Å². The molecule has 4 rings (SSSR count). The first-order valence-electron chi connectivity index (χ1n) is 7.74. The van der Waals surface area contributed by atoms with E-state index in [1.54, 1.807) is 12.0 Å². The third-order valence-corrected chi connectivity index (χ3v) is 3.92. The highest BCUT2D eigenvalue weighted by Crippen LogP contribution is 2.33. The van der Waals surface area contributed by atoms with Gasteiger partial charge in [0.15, 0.2) is 6.61 Å². The first kappa shape index (κ1) is 15.2. The van der Waals surface area contributed by atoms with Crippen LogP contribution < -0.4 is 14.4 Å². The summed E-state index contributed by atoms with van der Waals surface area (Å²) in [5, 5.41) is 4.01. The van der Waals surface area contributed by atoms with Crippen LogP contribution in [0, 0.1) is 0 Å². The molecule has 0 radical (unpaired) electrons. The summed E-state index contributed by atoms with van der Waals surface area (Å²) in [6.45, 7) is 0.172. The highest BCUT2D eigenvalue weighted by Gasteiger charge is 2.27. The van der Waals surface area contributed by atoms with Crippen LogP contribution in [0.1, 0.15) is 5.89 Å². The third-order valence-electron chi connectivity index (χ3n) is 3.92. The lowest BCUT2D eigenvalue weighted by atomic mass is 10.2. The van der Waals surface area contributed by atoms with Crippen molar-refractivity contribution in [3.63, 3.8) is 0 Å². The molecule has 1 amide bonds. The van der Waals surface area contributed by atoms with Crippen molar-refractivity contribution < 1.29 is 18.8 Å². The first-order chi connectivity index (χ1) is 12.3. The summed E-state index contributed by atoms with van der Waals surface area (Å²) in [5.74, 6) is 1.91. The number of aromatic nitrogens is 2. The van der Waals surface area contributed by atoms with E-state index in [-0.39, 0.29) is 19.1 Å². The number of hydrogen-bond acceptors (Lipinski definition) is 6. The van der Waals surface area contributed by atoms with Gasteiger partial charge in [-0.15, -0.1) is 0 Å². The molecule has 0 bridgehead atoms. The van der Waals surface area contributed by atoms with Gasteiger partial charge in [0.05, 0.1) is 18.4 Å². The van der Waals surface area contributed by atoms with Crippen LogP contribution in [0.5, 0.6) is 11.5 Å². The summed E-state index contributed by atoms with van der Waals surface area (Å²) in [5.41, 5.74) is 1.42. The molecule has 126 valence electrons. The lowest BCUT2D eigenvalue weighted by molar-refractivity contribution is -0.121. The lowest BCUT2D eigenvalue weighted by Crippen LogP contribution is -2.38. The Kier molecular flexibility index (Phi) is 3.81. The maximum Gasteiger partial charge on any atom is 0.265 e. The zero-order chi connectivity index (χ0) is 17.2. The topological polar surface area (TPSA) is 77.7 Å². The van der Waals surface area contributed by atoms with E-state index in [4.69, 9.17) is 14.0 Å². The van der Waals surface area contributed by atoms with E-state index in [0.29, 0.717) is 28.9 Å². The van der Waals surface area contributed by atoms with Crippen molar-refractivity contribution in [3.05, 3.63) is 54.4 Å². The van der Waals surface area contributed by atoms with Crippen LogP contribution in [-0.2, 0) is 11.3 Å². The van der Waals surface area contributed by atoms with Gasteiger partial charge in [-0.3, -0.25) is 9.69 Å². The number of carbonyl (C=O) groups is 1. The molecule has 0 saturated heterocycles. The van der Waals surface area contributed by atoms with Gasteiger partial charge in [-0.25, -0.2) is 0 Å². The van der Waals surface area contributed by atoms with Crippen molar-refractivity contribution in [1.29, 1.82) is 0 Å². The van der Waals surface area contributed by atoms with E-state index in [2.05, 4.69) is 10.1 Å². The van der Waals surface area contributed by atoms with Crippen molar-refractivity contribution in [3.8, 4) is 22.9 Å². The number of hydrogen-bond donors (Lipinski definition) is 0. The number of methoxy groups -OCH3 is 1. The van der Waals surface area contributed by atoms with Crippen molar-refractivity contribution >= 4 is 11.6 Å². The molecule has 0 atom stereocenters. The highest BCUT2D eigenvalue weighted by atomic mass is 16.5. The van der Waals surface area contributed by atoms with Crippen LogP contribution in [-0.4, -0.2) is 29.8 Å². The Morgan fingerprint density at radius 1 is 1.16 bits per heavy atom. The van der Waals surface area contributed by atoms with Gasteiger partial charge in [-0.2, -0.15) is 4.98 Å². The monoisotopic (exact) mass is 337 g/mol. The summed E-state index contributed by atoms with van der Waals surface area (Å²) in [6, 6.07) is 14.8. The molecule has 7 heteroatoms. The molecule has 1 aromatic heterocycles. The number of nitrogens with zero attached hydrogens (tertiary/aromatic N) is 3. The Balaban J connectivity index is 1.63. The van der Waals surface area contributed by atoms with Crippen molar-refractivity contribution in [1.82, 2.24) is 10.1 Å². The summed E-state index contributed by atoms with van der Waals surface area (Å²) < 4.78 is 16.1. The number of anilines is 1. The number of amides is 1. The highest BCUT2D eigenvalue weighted by molar-refractivity contribution is 5.97. The maximum atomic E-state index is 12.2. The van der Waals surface area contributed by atoms with Crippen LogP contribution in [0.3, 0.4) is 0 Å². The minimum Gasteiger partial charge on any atom is -0.496 e. The van der Waals surface area contributed by atoms with Crippen molar-refractivity contribution in [2.45, 2.75) is 6.54 Å². The van der Waals surface area contributed by atoms with Crippen LogP contribution in [0.2, 0.25) is 0 Å². The fraction of sp³-hybridized carbons (Fsp3) is 0.167. The molecule has 1 aliphatic rings. The summed E-state index contributed by atoms with van der Waals surface area (Å²) in [4.78, 5) is 18.2. The molecule has 0 unspecified atom stereocenters. The number of para-hydroxylation sites is 3. The third kappa shape index (κ3) is 2.80. The normalized spacial score (nSPS) is 13.3. The molecule has 25 heavy (non-hydrogen) atoms. The predicted octanol–water partition coefficient (Wildman–Crippen LogP) is 2.67. The second kappa shape index (κ2) is 6.27. The second-order valence-corrected chi connectivity index (χ2v) is 5.45. The number of fused-ring (bicyclic) bond motifs is 1. The predicted molar refractivity (Wildman–Crippen MR) is 89.4 cm³/mol. The smallest absolute Gasteiger partial charge is 0.265 e. The zero-order valence-corrected chi connectivity index (χ0v) is 13.5. The Morgan fingerprint density at radius 2 is 1.96 bits per heavy atom. The Bertz CT molecular complexity index is 922. The van der Waals surface area contributed by atoms with Gasteiger partial charge in [-0.1, -0.05) is 29.4 Å². The molecule has 0 N–H and O–H groups in total. The fourth-order valence-corrected chi connectivity index (χ4v) is 2.72. The van der Waals surface area contributed by atoms with E-state index in [9.17, 15) is 4.79 Å². The zero-order valence-electron chi connectivity index (χ0n) is 13.5. The minimum atomic E-state index is -0.157. The van der Waals surface area contributed by atoms with E-state index in [0.717, 1.165) is 5.56 Å². The van der Waals surface area contributed by atoms with Crippen molar-refractivity contribution in [2.75, 3.05) is 18.6 Å². The van der Waals surface area contributed by atoms with Crippen LogP contribution in [0.4, 0.5) is 5.69 Å². The number of benzene rings is 2. The summed E-state index contributed by atoms with van der Waals surface area (Å²) in [7, 11) is 1.59. The lowest BCUT2D eigenvalue weighted by Gasteiger charge is -2.27. The molecular formula is C18H15N3O4. The van der Waals surface area contributed by atoms with Gasteiger partial charge < -0.3 is 14.0 Å². The molecule has 0 spiro atoms. The summed E-state index contributed by atoms with van der Waals surface area (Å²) >= 11 is 0. The first-order valence-corrected chi connectivity index (χ1v) is 7.74. The van der Waals surface area contributed by atoms with Gasteiger partial charge in [0, 0.05) is 0 Å². The van der Waals surface area contributed by atoms with E-state index >= 15 is 0 Å². The van der Waals surface area contributed by atoms with Crippen LogP contribution in [0.25, 0.3) is 11.4 Å². The second-order valence-electron chi connectivity index (χ2n) is 5.45. The average molecular weight is 337 g/mol. The summed E-state index contributed by atoms with van der Waals surface area (Å²) in [6.07, 6.45) is 0. The minimum absolute atomic E-state index is 0.00941. The van der Waals surface area contributed by atoms with Gasteiger partial charge >= 0.3 is 0 Å². The van der Waals surface area contributed by atoms with Crippen molar-refractivity contribution in [2.24, 2.45) is 0 Å². The SMILES string of the molecule is COc1ccccc1-c1noc(CN2C(=O)COc3ccccc32)n1. The fourth-order valence-electron chi connectivity index (χ4n) is 2.72. The molecular weight excluding hydrogens is 322 g/mol. The van der Waals surface area contributed by atoms with Gasteiger partial charge in [-0.05, 0) is 24.3 Å². The number of carbonyl (C=O) groups excluding carboxylic acids is 1. The molecule has 0 aliphatic carbocycles.